The van der Waals surface area contributed by atoms with Crippen molar-refractivity contribution in [1.82, 2.24) is 0 Å². The molecule has 116 valence electrons. The van der Waals surface area contributed by atoms with Gasteiger partial charge in [0.05, 0.1) is 5.69 Å². The average molecular weight is 307 g/mol. The molecule has 0 aromatic heterocycles. The van der Waals surface area contributed by atoms with Gasteiger partial charge in [-0.15, -0.1) is 0 Å². The van der Waals surface area contributed by atoms with E-state index in [-0.39, 0.29) is 11.5 Å². The molecule has 6 heteroatoms. The van der Waals surface area contributed by atoms with Gasteiger partial charge in [-0.25, -0.2) is 0 Å². The van der Waals surface area contributed by atoms with Crippen molar-refractivity contribution >= 4 is 17.2 Å². The maximum absolute atomic E-state index is 8.77. The van der Waals surface area contributed by atoms with Gasteiger partial charge in [0.1, 0.15) is 17.6 Å². The van der Waals surface area contributed by atoms with Crippen molar-refractivity contribution in [3.8, 4) is 17.6 Å². The molecule has 0 saturated heterocycles. The number of ether oxygens (including phenoxy) is 1. The molecule has 2 rings (SSSR count). The highest BCUT2D eigenvalue weighted by molar-refractivity contribution is 6.45. The summed E-state index contributed by atoms with van der Waals surface area (Å²) in [6.07, 6.45) is 0. The van der Waals surface area contributed by atoms with Crippen LogP contribution in [-0.4, -0.2) is 11.5 Å². The summed E-state index contributed by atoms with van der Waals surface area (Å²) in [6, 6.07) is 14.8. The Bertz CT molecular complexity index is 788. The number of aryl methyl sites for hydroxylation is 1. The Hall–Kier alpha value is -3.33. The van der Waals surface area contributed by atoms with Crippen molar-refractivity contribution in [3.05, 3.63) is 53.6 Å². The standard InChI is InChI=1S/C17H17N5O/c1-11-4-3-5-16(12(11)2)23-14-8-6-13(7-9-14)21-22-15(10-18)17(19)20/h3-9,21H,1-2H3,(H3,19,20)/b22-15+. The zero-order chi connectivity index (χ0) is 16.8. The summed E-state index contributed by atoms with van der Waals surface area (Å²) in [5.41, 5.74) is 10.7. The van der Waals surface area contributed by atoms with Crippen LogP contribution in [0.15, 0.2) is 47.6 Å². The van der Waals surface area contributed by atoms with Crippen molar-refractivity contribution in [3.63, 3.8) is 0 Å². The Kier molecular flexibility index (Phi) is 4.95. The van der Waals surface area contributed by atoms with Gasteiger partial charge in [-0.2, -0.15) is 10.4 Å². The van der Waals surface area contributed by atoms with Gasteiger partial charge in [-0.3, -0.25) is 10.8 Å². The molecule has 0 aliphatic heterocycles. The molecule has 0 amide bonds. The lowest BCUT2D eigenvalue weighted by Gasteiger charge is -2.11. The first-order valence-corrected chi connectivity index (χ1v) is 6.93. The van der Waals surface area contributed by atoms with Gasteiger partial charge in [0.2, 0.25) is 5.71 Å². The molecule has 0 radical (unpaired) electrons. The van der Waals surface area contributed by atoms with Crippen LogP contribution in [-0.2, 0) is 0 Å². The Morgan fingerprint density at radius 2 is 1.91 bits per heavy atom. The minimum atomic E-state index is -0.380. The molecule has 23 heavy (non-hydrogen) atoms. The highest BCUT2D eigenvalue weighted by Crippen LogP contribution is 2.27. The SMILES string of the molecule is Cc1cccc(Oc2ccc(N/N=C(\C#N)C(=N)N)cc2)c1C. The zero-order valence-corrected chi connectivity index (χ0v) is 12.9. The highest BCUT2D eigenvalue weighted by atomic mass is 16.5. The van der Waals surface area contributed by atoms with E-state index in [1.54, 1.807) is 30.3 Å². The second-order valence-electron chi connectivity index (χ2n) is 4.92. The molecule has 0 heterocycles. The molecule has 0 atom stereocenters. The Morgan fingerprint density at radius 1 is 1.22 bits per heavy atom. The number of nitriles is 1. The largest absolute Gasteiger partial charge is 0.457 e. The van der Waals surface area contributed by atoms with E-state index in [9.17, 15) is 0 Å². The lowest BCUT2D eigenvalue weighted by molar-refractivity contribution is 0.478. The van der Waals surface area contributed by atoms with E-state index in [2.05, 4.69) is 10.5 Å². The van der Waals surface area contributed by atoms with Crippen molar-refractivity contribution in [2.24, 2.45) is 10.8 Å². The van der Waals surface area contributed by atoms with Gasteiger partial charge in [-0.1, -0.05) is 12.1 Å². The van der Waals surface area contributed by atoms with E-state index in [0.29, 0.717) is 11.4 Å². The Morgan fingerprint density at radius 3 is 2.52 bits per heavy atom. The molecule has 0 unspecified atom stereocenters. The maximum atomic E-state index is 8.77. The predicted octanol–water partition coefficient (Wildman–Crippen LogP) is 3.32. The first-order chi connectivity index (χ1) is 11.0. The number of benzene rings is 2. The number of nitrogens with two attached hydrogens (primary N) is 1. The van der Waals surface area contributed by atoms with Gasteiger partial charge < -0.3 is 10.5 Å². The van der Waals surface area contributed by atoms with E-state index in [4.69, 9.17) is 21.1 Å². The van der Waals surface area contributed by atoms with Crippen molar-refractivity contribution in [2.45, 2.75) is 13.8 Å². The van der Waals surface area contributed by atoms with Gasteiger partial charge >= 0.3 is 0 Å². The summed E-state index contributed by atoms with van der Waals surface area (Å²) in [7, 11) is 0. The highest BCUT2D eigenvalue weighted by Gasteiger charge is 2.04. The van der Waals surface area contributed by atoms with Crippen LogP contribution in [0.2, 0.25) is 0 Å². The number of hydrazone groups is 1. The average Bonchev–Trinajstić information content (AvgIpc) is 2.53. The van der Waals surface area contributed by atoms with E-state index >= 15 is 0 Å². The van der Waals surface area contributed by atoms with Crippen molar-refractivity contribution < 1.29 is 4.74 Å². The number of nitrogens with one attached hydrogen (secondary N) is 2. The van der Waals surface area contributed by atoms with Crippen LogP contribution in [0, 0.1) is 30.6 Å². The second-order valence-corrected chi connectivity index (χ2v) is 4.92. The summed E-state index contributed by atoms with van der Waals surface area (Å²) in [5, 5.41) is 19.7. The third-order valence-corrected chi connectivity index (χ3v) is 3.29. The van der Waals surface area contributed by atoms with Crippen LogP contribution in [0.1, 0.15) is 11.1 Å². The van der Waals surface area contributed by atoms with E-state index in [1.165, 1.54) is 5.56 Å². The fourth-order valence-corrected chi connectivity index (χ4v) is 1.83. The van der Waals surface area contributed by atoms with Crippen LogP contribution < -0.4 is 15.9 Å². The minimum Gasteiger partial charge on any atom is -0.457 e. The maximum Gasteiger partial charge on any atom is 0.201 e. The van der Waals surface area contributed by atoms with E-state index < -0.39 is 0 Å². The quantitative estimate of drug-likeness (QED) is 0.447. The summed E-state index contributed by atoms with van der Waals surface area (Å²) >= 11 is 0. The number of hydrogen-bond acceptors (Lipinski definition) is 5. The lowest BCUT2D eigenvalue weighted by atomic mass is 10.1. The number of rotatable bonds is 5. The number of hydrogen-bond donors (Lipinski definition) is 3. The first-order valence-electron chi connectivity index (χ1n) is 6.93. The molecule has 2 aromatic carbocycles. The van der Waals surface area contributed by atoms with Gasteiger partial charge in [0.15, 0.2) is 5.84 Å². The van der Waals surface area contributed by atoms with Crippen LogP contribution in [0.4, 0.5) is 5.69 Å². The summed E-state index contributed by atoms with van der Waals surface area (Å²) in [4.78, 5) is 0. The molecule has 0 spiro atoms. The van der Waals surface area contributed by atoms with Gasteiger partial charge in [0.25, 0.3) is 0 Å². The molecular weight excluding hydrogens is 290 g/mol. The van der Waals surface area contributed by atoms with E-state index in [1.807, 2.05) is 32.0 Å². The third-order valence-electron chi connectivity index (χ3n) is 3.29. The van der Waals surface area contributed by atoms with Crippen LogP contribution in [0.5, 0.6) is 11.5 Å². The molecule has 0 bridgehead atoms. The smallest absolute Gasteiger partial charge is 0.201 e. The number of anilines is 1. The number of nitrogens with zero attached hydrogens (tertiary/aromatic N) is 2. The Balaban J connectivity index is 2.10. The fourth-order valence-electron chi connectivity index (χ4n) is 1.83. The molecule has 4 N–H and O–H groups in total. The van der Waals surface area contributed by atoms with E-state index in [0.717, 1.165) is 11.3 Å². The van der Waals surface area contributed by atoms with Crippen LogP contribution in [0.25, 0.3) is 0 Å². The Labute approximate surface area is 134 Å². The molecule has 0 aliphatic carbocycles. The number of amidine groups is 1. The van der Waals surface area contributed by atoms with Crippen molar-refractivity contribution in [1.29, 1.82) is 10.7 Å². The van der Waals surface area contributed by atoms with Gasteiger partial charge in [0, 0.05) is 0 Å². The van der Waals surface area contributed by atoms with Crippen LogP contribution >= 0.6 is 0 Å². The lowest BCUT2D eigenvalue weighted by Crippen LogP contribution is -2.21. The normalized spacial score (nSPS) is 10.7. The molecule has 0 aliphatic rings. The molecule has 6 nitrogen and oxygen atoms in total. The summed E-state index contributed by atoms with van der Waals surface area (Å²) < 4.78 is 5.86. The zero-order valence-electron chi connectivity index (χ0n) is 12.9. The first kappa shape index (κ1) is 16.0. The van der Waals surface area contributed by atoms with Gasteiger partial charge in [-0.05, 0) is 55.3 Å². The third kappa shape index (κ3) is 4.08. The minimum absolute atomic E-state index is 0.166. The second kappa shape index (κ2) is 7.09. The fraction of sp³-hybridized carbons (Fsp3) is 0.118. The predicted molar refractivity (Wildman–Crippen MR) is 91.0 cm³/mol. The monoisotopic (exact) mass is 307 g/mol. The molecule has 2 aromatic rings. The summed E-state index contributed by atoms with van der Waals surface area (Å²) in [5.74, 6) is 1.13. The topological polar surface area (TPSA) is 107 Å². The molecule has 0 saturated carbocycles. The van der Waals surface area contributed by atoms with Crippen LogP contribution in [0.3, 0.4) is 0 Å². The molecule has 0 fully saturated rings. The summed E-state index contributed by atoms with van der Waals surface area (Å²) in [6.45, 7) is 4.05. The van der Waals surface area contributed by atoms with Crippen molar-refractivity contribution in [2.75, 3.05) is 5.43 Å². The molecular formula is C17H17N5O.